The topological polar surface area (TPSA) is 59.6 Å². The lowest BCUT2D eigenvalue weighted by Crippen LogP contribution is -2.26. The Hall–Kier alpha value is -1.46. The van der Waals surface area contributed by atoms with Crippen molar-refractivity contribution >= 4 is 18.3 Å². The van der Waals surface area contributed by atoms with E-state index in [1.807, 2.05) is 13.1 Å². The average molecular weight is 343 g/mol. The van der Waals surface area contributed by atoms with E-state index in [1.165, 1.54) is 12.8 Å². The van der Waals surface area contributed by atoms with Crippen LogP contribution in [-0.2, 0) is 0 Å². The Morgan fingerprint density at radius 3 is 2.61 bits per heavy atom. The summed E-state index contributed by atoms with van der Waals surface area (Å²) in [5.41, 5.74) is 0.597. The van der Waals surface area contributed by atoms with Crippen molar-refractivity contribution < 1.29 is 14.3 Å². The molecule has 1 amide bonds. The first kappa shape index (κ1) is 19.6. The molecule has 1 aromatic rings. The highest BCUT2D eigenvalue weighted by atomic mass is 35.5. The molecule has 1 saturated carbocycles. The second-order valence-corrected chi connectivity index (χ2v) is 5.60. The van der Waals surface area contributed by atoms with Crippen LogP contribution in [0, 0.1) is 0 Å². The van der Waals surface area contributed by atoms with Crippen LogP contribution in [-0.4, -0.2) is 39.3 Å². The van der Waals surface area contributed by atoms with Gasteiger partial charge in [0.2, 0.25) is 0 Å². The minimum atomic E-state index is -0.0816. The number of nitrogens with one attached hydrogen (secondary N) is 2. The molecule has 1 aliphatic rings. The van der Waals surface area contributed by atoms with E-state index in [0.717, 1.165) is 31.6 Å². The number of hydrogen-bond acceptors (Lipinski definition) is 4. The third kappa shape index (κ3) is 5.92. The van der Waals surface area contributed by atoms with Gasteiger partial charge in [0.25, 0.3) is 5.91 Å². The molecule has 1 aliphatic carbocycles. The molecule has 0 atom stereocenters. The van der Waals surface area contributed by atoms with Crippen LogP contribution in [0.3, 0.4) is 0 Å². The zero-order valence-electron chi connectivity index (χ0n) is 13.9. The highest BCUT2D eigenvalue weighted by Crippen LogP contribution is 2.32. The number of methoxy groups -OCH3 is 1. The fourth-order valence-corrected chi connectivity index (χ4v) is 2.66. The number of amides is 1. The quantitative estimate of drug-likeness (QED) is 0.713. The number of rotatable bonds is 8. The minimum Gasteiger partial charge on any atom is -0.493 e. The molecule has 0 heterocycles. The maximum atomic E-state index is 12.1. The van der Waals surface area contributed by atoms with Gasteiger partial charge in [0, 0.05) is 12.1 Å². The summed E-state index contributed by atoms with van der Waals surface area (Å²) in [6.07, 6.45) is 5.81. The van der Waals surface area contributed by atoms with Crippen molar-refractivity contribution in [2.75, 3.05) is 27.2 Å². The maximum absolute atomic E-state index is 12.1. The molecule has 1 fully saturated rings. The molecule has 23 heavy (non-hydrogen) atoms. The second kappa shape index (κ2) is 10.3. The zero-order chi connectivity index (χ0) is 15.8. The van der Waals surface area contributed by atoms with Crippen LogP contribution in [0.15, 0.2) is 18.2 Å². The van der Waals surface area contributed by atoms with E-state index < -0.39 is 0 Å². The van der Waals surface area contributed by atoms with Gasteiger partial charge in [0.15, 0.2) is 11.5 Å². The highest BCUT2D eigenvalue weighted by Gasteiger charge is 2.19. The first-order valence-corrected chi connectivity index (χ1v) is 8.02. The van der Waals surface area contributed by atoms with E-state index in [1.54, 1.807) is 19.2 Å². The van der Waals surface area contributed by atoms with Gasteiger partial charge >= 0.3 is 0 Å². The number of ether oxygens (including phenoxy) is 2. The molecule has 5 nitrogen and oxygen atoms in total. The van der Waals surface area contributed by atoms with Gasteiger partial charge in [0.05, 0.1) is 13.2 Å². The van der Waals surface area contributed by atoms with Gasteiger partial charge < -0.3 is 20.1 Å². The maximum Gasteiger partial charge on any atom is 0.251 e. The molecule has 0 radical (unpaired) electrons. The lowest BCUT2D eigenvalue weighted by Gasteiger charge is -2.16. The lowest BCUT2D eigenvalue weighted by molar-refractivity contribution is 0.0953. The Balaban J connectivity index is 0.00000264. The van der Waals surface area contributed by atoms with Gasteiger partial charge in [-0.25, -0.2) is 0 Å². The monoisotopic (exact) mass is 342 g/mol. The van der Waals surface area contributed by atoms with Crippen LogP contribution >= 0.6 is 12.4 Å². The van der Waals surface area contributed by atoms with Crippen LogP contribution < -0.4 is 20.1 Å². The first-order valence-electron chi connectivity index (χ1n) is 8.02. The average Bonchev–Trinajstić information content (AvgIpc) is 3.04. The summed E-state index contributed by atoms with van der Waals surface area (Å²) >= 11 is 0. The van der Waals surface area contributed by atoms with E-state index >= 15 is 0 Å². The summed E-state index contributed by atoms with van der Waals surface area (Å²) in [5.74, 6) is 1.26. The largest absolute Gasteiger partial charge is 0.493 e. The van der Waals surface area contributed by atoms with Crippen LogP contribution in [0.4, 0.5) is 0 Å². The number of halogens is 1. The smallest absolute Gasteiger partial charge is 0.251 e. The van der Waals surface area contributed by atoms with E-state index in [-0.39, 0.29) is 24.4 Å². The van der Waals surface area contributed by atoms with Gasteiger partial charge in [-0.05, 0) is 63.9 Å². The third-order valence-corrected chi connectivity index (χ3v) is 3.91. The molecule has 130 valence electrons. The summed E-state index contributed by atoms with van der Waals surface area (Å²) < 4.78 is 11.4. The zero-order valence-corrected chi connectivity index (χ0v) is 14.7. The molecule has 0 aromatic heterocycles. The van der Waals surface area contributed by atoms with Crippen molar-refractivity contribution in [1.82, 2.24) is 10.6 Å². The van der Waals surface area contributed by atoms with Crippen LogP contribution in [0.5, 0.6) is 11.5 Å². The Morgan fingerprint density at radius 2 is 1.96 bits per heavy atom. The normalized spacial score (nSPS) is 14.2. The van der Waals surface area contributed by atoms with Gasteiger partial charge in [-0.2, -0.15) is 0 Å². The molecule has 0 aliphatic heterocycles. The second-order valence-electron chi connectivity index (χ2n) is 5.60. The Bertz CT molecular complexity index is 491. The van der Waals surface area contributed by atoms with Crippen LogP contribution in [0.2, 0.25) is 0 Å². The summed E-state index contributed by atoms with van der Waals surface area (Å²) in [5, 5.41) is 5.96. The summed E-state index contributed by atoms with van der Waals surface area (Å²) in [7, 11) is 3.50. The molecule has 0 bridgehead atoms. The van der Waals surface area contributed by atoms with Gasteiger partial charge in [-0.3, -0.25) is 4.79 Å². The van der Waals surface area contributed by atoms with Crippen molar-refractivity contribution in [2.45, 2.75) is 38.2 Å². The van der Waals surface area contributed by atoms with Crippen molar-refractivity contribution in [2.24, 2.45) is 0 Å². The molecular formula is C17H27ClN2O3. The van der Waals surface area contributed by atoms with Crippen molar-refractivity contribution in [3.63, 3.8) is 0 Å². The molecule has 0 unspecified atom stereocenters. The predicted octanol–water partition coefficient (Wildman–Crippen LogP) is 2.78. The standard InChI is InChI=1S/C17H26N2O3.ClH/c1-18-10-5-11-19-17(20)13-8-9-15(16(12-13)21-2)22-14-6-3-4-7-14;/h8-9,12,14,18H,3-7,10-11H2,1-2H3,(H,19,20);1H. The molecule has 2 rings (SSSR count). The lowest BCUT2D eigenvalue weighted by atomic mass is 10.2. The Labute approximate surface area is 144 Å². The van der Waals surface area contributed by atoms with E-state index in [2.05, 4.69) is 10.6 Å². The number of carbonyl (C=O) groups is 1. The van der Waals surface area contributed by atoms with Gasteiger partial charge in [-0.15, -0.1) is 12.4 Å². The fourth-order valence-electron chi connectivity index (χ4n) is 2.66. The fraction of sp³-hybridized carbons (Fsp3) is 0.588. The van der Waals surface area contributed by atoms with Crippen LogP contribution in [0.25, 0.3) is 0 Å². The summed E-state index contributed by atoms with van der Waals surface area (Å²) in [4.78, 5) is 12.1. The van der Waals surface area contributed by atoms with Gasteiger partial charge in [-0.1, -0.05) is 0 Å². The first-order chi connectivity index (χ1) is 10.7. The summed E-state index contributed by atoms with van der Waals surface area (Å²) in [6, 6.07) is 5.37. The number of carbonyl (C=O) groups excluding carboxylic acids is 1. The third-order valence-electron chi connectivity index (χ3n) is 3.91. The van der Waals surface area contributed by atoms with E-state index in [9.17, 15) is 4.79 Å². The van der Waals surface area contributed by atoms with E-state index in [0.29, 0.717) is 17.9 Å². The molecular weight excluding hydrogens is 316 g/mol. The Morgan fingerprint density at radius 1 is 1.22 bits per heavy atom. The predicted molar refractivity (Wildman–Crippen MR) is 94.0 cm³/mol. The molecule has 1 aromatic carbocycles. The molecule has 6 heteroatoms. The molecule has 2 N–H and O–H groups in total. The van der Waals surface area contributed by atoms with E-state index in [4.69, 9.17) is 9.47 Å². The van der Waals surface area contributed by atoms with Crippen molar-refractivity contribution in [3.05, 3.63) is 23.8 Å². The molecule has 0 saturated heterocycles. The Kier molecular flexibility index (Phi) is 8.81. The van der Waals surface area contributed by atoms with Crippen LogP contribution in [0.1, 0.15) is 42.5 Å². The van der Waals surface area contributed by atoms with Crippen molar-refractivity contribution in [3.8, 4) is 11.5 Å². The minimum absolute atomic E-state index is 0. The number of benzene rings is 1. The van der Waals surface area contributed by atoms with Gasteiger partial charge in [0.1, 0.15) is 0 Å². The highest BCUT2D eigenvalue weighted by molar-refractivity contribution is 5.94. The van der Waals surface area contributed by atoms with Crippen molar-refractivity contribution in [1.29, 1.82) is 0 Å². The SMILES string of the molecule is CNCCCNC(=O)c1ccc(OC2CCCC2)c(OC)c1.Cl. The number of hydrogen-bond donors (Lipinski definition) is 2. The summed E-state index contributed by atoms with van der Waals surface area (Å²) in [6.45, 7) is 1.54. The molecule has 0 spiro atoms.